The normalized spacial score (nSPS) is 20.1. The van der Waals surface area contributed by atoms with Crippen LogP contribution in [-0.4, -0.2) is 48.7 Å². The van der Waals surface area contributed by atoms with Crippen LogP contribution >= 0.6 is 0 Å². The first kappa shape index (κ1) is 20.6. The molecule has 10 nitrogen and oxygen atoms in total. The van der Waals surface area contributed by atoms with Crippen molar-refractivity contribution in [2.75, 3.05) is 24.7 Å². The van der Waals surface area contributed by atoms with Crippen molar-refractivity contribution >= 4 is 23.4 Å². The zero-order chi connectivity index (χ0) is 22.0. The molecule has 0 bridgehead atoms. The monoisotopic (exact) mass is 425 g/mol. The van der Waals surface area contributed by atoms with Crippen molar-refractivity contribution in [3.05, 3.63) is 53.2 Å². The Hall–Kier alpha value is -3.66. The van der Waals surface area contributed by atoms with E-state index in [-0.39, 0.29) is 17.7 Å². The molecule has 4 rings (SSSR count). The van der Waals surface area contributed by atoms with E-state index in [4.69, 9.17) is 20.9 Å². The SMILES string of the molecule is NC(=O)c1ccc2c(c1)C(=O)NC(C(N)=O)N2Cc1ccnc(OCC2CCOC2)c1. The fourth-order valence-corrected chi connectivity index (χ4v) is 3.68. The summed E-state index contributed by atoms with van der Waals surface area (Å²) >= 11 is 0. The molecule has 162 valence electrons. The number of ether oxygens (including phenoxy) is 2. The first-order valence-corrected chi connectivity index (χ1v) is 9.88. The minimum atomic E-state index is -1.05. The number of pyridine rings is 1. The summed E-state index contributed by atoms with van der Waals surface area (Å²) in [6.07, 6.45) is 1.53. The maximum Gasteiger partial charge on any atom is 0.260 e. The van der Waals surface area contributed by atoms with Gasteiger partial charge in [-0.2, -0.15) is 0 Å². The Balaban J connectivity index is 1.59. The highest BCUT2D eigenvalue weighted by Crippen LogP contribution is 2.29. The lowest BCUT2D eigenvalue weighted by Gasteiger charge is -2.37. The fraction of sp³-hybridized carbons (Fsp3) is 0.333. The van der Waals surface area contributed by atoms with Gasteiger partial charge in [0.25, 0.3) is 11.8 Å². The number of nitrogens with one attached hydrogen (secondary N) is 1. The van der Waals surface area contributed by atoms with Crippen molar-refractivity contribution < 1.29 is 23.9 Å². The smallest absolute Gasteiger partial charge is 0.260 e. The van der Waals surface area contributed by atoms with E-state index in [1.807, 2.05) is 0 Å². The molecule has 2 unspecified atom stereocenters. The first-order chi connectivity index (χ1) is 14.9. The quantitative estimate of drug-likeness (QED) is 0.572. The summed E-state index contributed by atoms with van der Waals surface area (Å²) in [5, 5.41) is 2.58. The van der Waals surface area contributed by atoms with Gasteiger partial charge >= 0.3 is 0 Å². The highest BCUT2D eigenvalue weighted by molar-refractivity contribution is 6.07. The summed E-state index contributed by atoms with van der Waals surface area (Å²) in [6.45, 7) is 2.19. The van der Waals surface area contributed by atoms with Crippen molar-refractivity contribution in [2.24, 2.45) is 17.4 Å². The second-order valence-electron chi connectivity index (χ2n) is 7.55. The number of carbonyl (C=O) groups is 3. The Morgan fingerprint density at radius 1 is 1.26 bits per heavy atom. The van der Waals surface area contributed by atoms with E-state index < -0.39 is 23.9 Å². The lowest BCUT2D eigenvalue weighted by atomic mass is 10.0. The predicted octanol–water partition coefficient (Wildman–Crippen LogP) is 0.157. The van der Waals surface area contributed by atoms with Gasteiger partial charge in [-0.15, -0.1) is 0 Å². The minimum Gasteiger partial charge on any atom is -0.477 e. The molecule has 2 aromatic rings. The van der Waals surface area contributed by atoms with Crippen LogP contribution in [0.5, 0.6) is 5.88 Å². The number of nitrogens with zero attached hydrogens (tertiary/aromatic N) is 2. The number of hydrogen-bond donors (Lipinski definition) is 3. The van der Waals surface area contributed by atoms with E-state index in [0.717, 1.165) is 18.6 Å². The molecular formula is C21H23N5O5. The summed E-state index contributed by atoms with van der Waals surface area (Å²) in [6, 6.07) is 8.07. The number of carbonyl (C=O) groups excluding carboxylic acids is 3. The Bertz CT molecular complexity index is 1020. The number of nitrogens with two attached hydrogens (primary N) is 2. The summed E-state index contributed by atoms with van der Waals surface area (Å²) in [5.74, 6) is -1.05. The van der Waals surface area contributed by atoms with E-state index in [2.05, 4.69) is 10.3 Å². The number of aromatic nitrogens is 1. The molecule has 5 N–H and O–H groups in total. The number of hydrogen-bond acceptors (Lipinski definition) is 7. The Kier molecular flexibility index (Phi) is 5.72. The molecule has 1 saturated heterocycles. The van der Waals surface area contributed by atoms with Crippen LogP contribution in [0.3, 0.4) is 0 Å². The van der Waals surface area contributed by atoms with Gasteiger partial charge in [-0.05, 0) is 36.2 Å². The van der Waals surface area contributed by atoms with Gasteiger partial charge in [0.05, 0.1) is 24.5 Å². The molecule has 3 amide bonds. The molecule has 1 aromatic carbocycles. The second kappa shape index (κ2) is 8.60. The third-order valence-corrected chi connectivity index (χ3v) is 5.33. The molecule has 1 aromatic heterocycles. The maximum atomic E-state index is 12.5. The van der Waals surface area contributed by atoms with Crippen LogP contribution in [0.1, 0.15) is 32.7 Å². The van der Waals surface area contributed by atoms with Crippen molar-refractivity contribution in [3.63, 3.8) is 0 Å². The molecule has 1 fully saturated rings. The predicted molar refractivity (Wildman–Crippen MR) is 110 cm³/mol. The standard InChI is InChI=1S/C21H23N5O5/c22-18(27)14-1-2-16-15(8-14)21(29)25-20(19(23)28)26(16)9-12-3-5-24-17(7-12)31-11-13-4-6-30-10-13/h1-3,5,7-8,13,20H,4,6,9-11H2,(H2,22,27)(H2,23,28)(H,25,29). The van der Waals surface area contributed by atoms with E-state index in [1.54, 1.807) is 29.3 Å². The Morgan fingerprint density at radius 2 is 2.10 bits per heavy atom. The molecular weight excluding hydrogens is 402 g/mol. The van der Waals surface area contributed by atoms with Gasteiger partial charge in [0.1, 0.15) is 0 Å². The van der Waals surface area contributed by atoms with Crippen molar-refractivity contribution in [1.29, 1.82) is 0 Å². The van der Waals surface area contributed by atoms with E-state index >= 15 is 0 Å². The van der Waals surface area contributed by atoms with Gasteiger partial charge < -0.3 is 31.2 Å². The minimum absolute atomic E-state index is 0.196. The van der Waals surface area contributed by atoms with Gasteiger partial charge in [-0.3, -0.25) is 14.4 Å². The summed E-state index contributed by atoms with van der Waals surface area (Å²) in [5.41, 5.74) is 12.6. The Labute approximate surface area is 178 Å². The van der Waals surface area contributed by atoms with E-state index in [1.165, 1.54) is 12.1 Å². The number of benzene rings is 1. The third kappa shape index (κ3) is 4.43. The van der Waals surface area contributed by atoms with Crippen LogP contribution < -0.4 is 26.4 Å². The summed E-state index contributed by atoms with van der Waals surface area (Å²) in [7, 11) is 0. The van der Waals surface area contributed by atoms with Gasteiger partial charge in [0.15, 0.2) is 6.17 Å². The average Bonchev–Trinajstić information content (AvgIpc) is 3.27. The van der Waals surface area contributed by atoms with Crippen LogP contribution in [0, 0.1) is 5.92 Å². The molecule has 0 spiro atoms. The van der Waals surface area contributed by atoms with Crippen molar-refractivity contribution in [3.8, 4) is 5.88 Å². The largest absolute Gasteiger partial charge is 0.477 e. The van der Waals surface area contributed by atoms with E-state index in [9.17, 15) is 14.4 Å². The fourth-order valence-electron chi connectivity index (χ4n) is 3.68. The van der Waals surface area contributed by atoms with Gasteiger partial charge in [0, 0.05) is 36.9 Å². The highest BCUT2D eigenvalue weighted by atomic mass is 16.5. The van der Waals surface area contributed by atoms with Crippen molar-refractivity contribution in [2.45, 2.75) is 19.1 Å². The molecule has 2 atom stereocenters. The number of primary amides is 2. The number of anilines is 1. The molecule has 2 aliphatic heterocycles. The molecule has 0 aliphatic carbocycles. The number of amides is 3. The van der Waals surface area contributed by atoms with E-state index in [0.29, 0.717) is 30.7 Å². The van der Waals surface area contributed by atoms with Gasteiger partial charge in [-0.25, -0.2) is 4.98 Å². The molecule has 0 radical (unpaired) electrons. The first-order valence-electron chi connectivity index (χ1n) is 9.88. The third-order valence-electron chi connectivity index (χ3n) is 5.33. The number of fused-ring (bicyclic) bond motifs is 1. The second-order valence-corrected chi connectivity index (χ2v) is 7.55. The van der Waals surface area contributed by atoms with Gasteiger partial charge in [-0.1, -0.05) is 0 Å². The zero-order valence-corrected chi connectivity index (χ0v) is 16.7. The summed E-state index contributed by atoms with van der Waals surface area (Å²) < 4.78 is 11.2. The van der Waals surface area contributed by atoms with Crippen LogP contribution in [0.15, 0.2) is 36.5 Å². The lowest BCUT2D eigenvalue weighted by Crippen LogP contribution is -2.58. The Morgan fingerprint density at radius 3 is 2.81 bits per heavy atom. The van der Waals surface area contributed by atoms with Gasteiger partial charge in [0.2, 0.25) is 11.8 Å². The zero-order valence-electron chi connectivity index (χ0n) is 16.7. The molecule has 0 saturated carbocycles. The topological polar surface area (TPSA) is 150 Å². The van der Waals surface area contributed by atoms with Crippen LogP contribution in [0.25, 0.3) is 0 Å². The lowest BCUT2D eigenvalue weighted by molar-refractivity contribution is -0.119. The van der Waals surface area contributed by atoms with Crippen LogP contribution in [-0.2, 0) is 16.1 Å². The number of rotatable bonds is 7. The molecule has 10 heteroatoms. The highest BCUT2D eigenvalue weighted by Gasteiger charge is 2.34. The maximum absolute atomic E-state index is 12.5. The van der Waals surface area contributed by atoms with Crippen LogP contribution in [0.4, 0.5) is 5.69 Å². The van der Waals surface area contributed by atoms with Crippen LogP contribution in [0.2, 0.25) is 0 Å². The molecule has 31 heavy (non-hydrogen) atoms. The molecule has 3 heterocycles. The summed E-state index contributed by atoms with van der Waals surface area (Å²) in [4.78, 5) is 42.0. The van der Waals surface area contributed by atoms with Crippen molar-refractivity contribution in [1.82, 2.24) is 10.3 Å². The average molecular weight is 425 g/mol. The molecule has 2 aliphatic rings.